The van der Waals surface area contributed by atoms with Crippen LogP contribution >= 0.6 is 11.3 Å². The molecule has 2 aromatic rings. The topological polar surface area (TPSA) is 63.2 Å². The molecule has 0 aliphatic carbocycles. The summed E-state index contributed by atoms with van der Waals surface area (Å²) in [6.45, 7) is 4.38. The Balaban J connectivity index is 1.72. The maximum Gasteiger partial charge on any atom is 0.265 e. The summed E-state index contributed by atoms with van der Waals surface area (Å²) in [6.07, 6.45) is -0.445. The van der Waals surface area contributed by atoms with Crippen molar-refractivity contribution < 1.29 is 9.53 Å². The predicted octanol–water partition coefficient (Wildman–Crippen LogP) is 2.78. The van der Waals surface area contributed by atoms with Gasteiger partial charge < -0.3 is 15.4 Å². The zero-order valence-corrected chi connectivity index (χ0v) is 12.1. The lowest BCUT2D eigenvalue weighted by Gasteiger charge is -2.23. The summed E-state index contributed by atoms with van der Waals surface area (Å²) in [5.74, 6) is 0.581. The van der Waals surface area contributed by atoms with E-state index in [1.54, 1.807) is 18.3 Å². The number of ether oxygens (including phenoxy) is 1. The lowest BCUT2D eigenvalue weighted by atomic mass is 10.2. The van der Waals surface area contributed by atoms with E-state index in [2.05, 4.69) is 15.6 Å². The molecule has 1 atom stereocenters. The van der Waals surface area contributed by atoms with Crippen LogP contribution in [-0.2, 0) is 11.3 Å². The first kappa shape index (κ1) is 12.9. The van der Waals surface area contributed by atoms with Crippen LogP contribution in [0.1, 0.15) is 17.6 Å². The van der Waals surface area contributed by atoms with E-state index in [0.717, 1.165) is 16.4 Å². The highest BCUT2D eigenvalue weighted by Gasteiger charge is 2.23. The first-order valence-corrected chi connectivity index (χ1v) is 7.26. The third-order valence-corrected chi connectivity index (χ3v) is 3.99. The molecule has 0 saturated carbocycles. The third-order valence-electron chi connectivity index (χ3n) is 3.02. The highest BCUT2D eigenvalue weighted by molar-refractivity contribution is 7.09. The SMILES string of the molecule is Cc1csc(CNc2ccc3c(c2)NC(=O)C(C)O3)n1. The van der Waals surface area contributed by atoms with Crippen LogP contribution in [-0.4, -0.2) is 17.0 Å². The Labute approximate surface area is 121 Å². The van der Waals surface area contributed by atoms with Crippen LogP contribution in [0.2, 0.25) is 0 Å². The van der Waals surface area contributed by atoms with Gasteiger partial charge in [0.1, 0.15) is 10.8 Å². The molecule has 2 N–H and O–H groups in total. The van der Waals surface area contributed by atoms with Crippen LogP contribution in [0.4, 0.5) is 11.4 Å². The summed E-state index contributed by atoms with van der Waals surface area (Å²) >= 11 is 1.63. The molecule has 5 nitrogen and oxygen atoms in total. The largest absolute Gasteiger partial charge is 0.479 e. The van der Waals surface area contributed by atoms with E-state index in [4.69, 9.17) is 4.74 Å². The molecule has 0 fully saturated rings. The van der Waals surface area contributed by atoms with Gasteiger partial charge in [-0.05, 0) is 32.0 Å². The van der Waals surface area contributed by atoms with Crippen molar-refractivity contribution in [2.45, 2.75) is 26.5 Å². The van der Waals surface area contributed by atoms with Crippen molar-refractivity contribution >= 4 is 28.6 Å². The van der Waals surface area contributed by atoms with E-state index in [0.29, 0.717) is 18.0 Å². The number of hydrogen-bond donors (Lipinski definition) is 2. The second-order valence-electron chi connectivity index (χ2n) is 4.70. The van der Waals surface area contributed by atoms with E-state index in [1.807, 2.05) is 30.5 Å². The lowest BCUT2D eigenvalue weighted by Crippen LogP contribution is -2.34. The van der Waals surface area contributed by atoms with E-state index in [-0.39, 0.29) is 5.91 Å². The van der Waals surface area contributed by atoms with E-state index in [1.165, 1.54) is 0 Å². The number of anilines is 2. The number of amides is 1. The van der Waals surface area contributed by atoms with Gasteiger partial charge >= 0.3 is 0 Å². The van der Waals surface area contributed by atoms with Crippen LogP contribution in [0.15, 0.2) is 23.6 Å². The first-order chi connectivity index (χ1) is 9.61. The fourth-order valence-corrected chi connectivity index (χ4v) is 2.69. The fraction of sp³-hybridized carbons (Fsp3) is 0.286. The number of fused-ring (bicyclic) bond motifs is 1. The van der Waals surface area contributed by atoms with Crippen molar-refractivity contribution in [2.75, 3.05) is 10.6 Å². The number of nitrogens with one attached hydrogen (secondary N) is 2. The minimum atomic E-state index is -0.445. The molecule has 20 heavy (non-hydrogen) atoms. The van der Waals surface area contributed by atoms with E-state index in [9.17, 15) is 4.79 Å². The number of aromatic nitrogens is 1. The van der Waals surface area contributed by atoms with Gasteiger partial charge in [0.2, 0.25) is 0 Å². The molecule has 0 spiro atoms. The average Bonchev–Trinajstić information content (AvgIpc) is 2.84. The fourth-order valence-electron chi connectivity index (χ4n) is 1.98. The van der Waals surface area contributed by atoms with Crippen molar-refractivity contribution in [3.8, 4) is 5.75 Å². The molecule has 2 heterocycles. The molecule has 1 unspecified atom stereocenters. The first-order valence-electron chi connectivity index (χ1n) is 6.38. The average molecular weight is 289 g/mol. The minimum absolute atomic E-state index is 0.120. The molecule has 1 aromatic heterocycles. The number of aryl methyl sites for hydroxylation is 1. The van der Waals surface area contributed by atoms with Gasteiger partial charge in [-0.1, -0.05) is 0 Å². The van der Waals surface area contributed by atoms with Crippen molar-refractivity contribution in [3.63, 3.8) is 0 Å². The zero-order chi connectivity index (χ0) is 14.1. The van der Waals surface area contributed by atoms with Crippen LogP contribution in [0.25, 0.3) is 0 Å². The van der Waals surface area contributed by atoms with Crippen LogP contribution in [0.5, 0.6) is 5.75 Å². The molecule has 104 valence electrons. The maximum absolute atomic E-state index is 11.6. The van der Waals surface area contributed by atoms with Crippen LogP contribution in [0, 0.1) is 6.92 Å². The Hall–Kier alpha value is -2.08. The van der Waals surface area contributed by atoms with Crippen molar-refractivity contribution in [3.05, 3.63) is 34.3 Å². The van der Waals surface area contributed by atoms with E-state index >= 15 is 0 Å². The van der Waals surface area contributed by atoms with Crippen LogP contribution < -0.4 is 15.4 Å². The Morgan fingerprint density at radius 2 is 2.35 bits per heavy atom. The predicted molar refractivity (Wildman–Crippen MR) is 79.3 cm³/mol. The summed E-state index contributed by atoms with van der Waals surface area (Å²) in [7, 11) is 0. The van der Waals surface area contributed by atoms with Crippen molar-refractivity contribution in [2.24, 2.45) is 0 Å². The molecule has 0 bridgehead atoms. The number of thiazole rings is 1. The van der Waals surface area contributed by atoms with Gasteiger partial charge in [0, 0.05) is 16.8 Å². The van der Waals surface area contributed by atoms with Gasteiger partial charge in [-0.3, -0.25) is 4.79 Å². The number of benzene rings is 1. The van der Waals surface area contributed by atoms with Gasteiger partial charge in [-0.2, -0.15) is 0 Å². The molecular weight excluding hydrogens is 274 g/mol. The molecule has 1 aromatic carbocycles. The number of hydrogen-bond acceptors (Lipinski definition) is 5. The summed E-state index contributed by atoms with van der Waals surface area (Å²) in [6, 6.07) is 5.67. The van der Waals surface area contributed by atoms with Crippen molar-refractivity contribution in [1.82, 2.24) is 4.98 Å². The van der Waals surface area contributed by atoms with E-state index < -0.39 is 6.10 Å². The molecule has 0 saturated heterocycles. The molecule has 1 aliphatic heterocycles. The quantitative estimate of drug-likeness (QED) is 0.912. The molecule has 1 amide bonds. The van der Waals surface area contributed by atoms with Gasteiger partial charge in [-0.15, -0.1) is 11.3 Å². The highest BCUT2D eigenvalue weighted by atomic mass is 32.1. The molecule has 3 rings (SSSR count). The Morgan fingerprint density at radius 1 is 1.50 bits per heavy atom. The van der Waals surface area contributed by atoms with Gasteiger partial charge in [0.05, 0.1) is 12.2 Å². The summed E-state index contributed by atoms with van der Waals surface area (Å²) in [4.78, 5) is 16.0. The number of rotatable bonds is 3. The molecule has 6 heteroatoms. The maximum atomic E-state index is 11.6. The highest BCUT2D eigenvalue weighted by Crippen LogP contribution is 2.32. The normalized spacial score (nSPS) is 17.1. The van der Waals surface area contributed by atoms with Gasteiger partial charge in [0.15, 0.2) is 6.10 Å². The molecule has 0 radical (unpaired) electrons. The second kappa shape index (κ2) is 5.13. The van der Waals surface area contributed by atoms with Crippen molar-refractivity contribution in [1.29, 1.82) is 0 Å². The van der Waals surface area contributed by atoms with Crippen LogP contribution in [0.3, 0.4) is 0 Å². The zero-order valence-electron chi connectivity index (χ0n) is 11.3. The monoisotopic (exact) mass is 289 g/mol. The Kier molecular flexibility index (Phi) is 3.31. The molecular formula is C14H15N3O2S. The van der Waals surface area contributed by atoms with Gasteiger partial charge in [-0.25, -0.2) is 4.98 Å². The Morgan fingerprint density at radius 3 is 3.10 bits per heavy atom. The summed E-state index contributed by atoms with van der Waals surface area (Å²) in [5.41, 5.74) is 2.66. The number of nitrogens with zero attached hydrogens (tertiary/aromatic N) is 1. The lowest BCUT2D eigenvalue weighted by molar-refractivity contribution is -0.122. The number of carbonyl (C=O) groups is 1. The summed E-state index contributed by atoms with van der Waals surface area (Å²) in [5, 5.41) is 9.19. The minimum Gasteiger partial charge on any atom is -0.479 e. The third kappa shape index (κ3) is 2.60. The molecule has 1 aliphatic rings. The van der Waals surface area contributed by atoms with Gasteiger partial charge in [0.25, 0.3) is 5.91 Å². The number of carbonyl (C=O) groups excluding carboxylic acids is 1. The standard InChI is InChI=1S/C14H15N3O2S/c1-8-7-20-13(16-8)6-15-10-3-4-12-11(5-10)17-14(18)9(2)19-12/h3-5,7,9,15H,6H2,1-2H3,(H,17,18). The second-order valence-corrected chi connectivity index (χ2v) is 5.64. The summed E-state index contributed by atoms with van der Waals surface area (Å²) < 4.78 is 5.52. The smallest absolute Gasteiger partial charge is 0.265 e. The Bertz CT molecular complexity index is 654.